The molecule has 29 heavy (non-hydrogen) atoms. The Balaban J connectivity index is 1.23. The first kappa shape index (κ1) is 17.9. The summed E-state index contributed by atoms with van der Waals surface area (Å²) < 4.78 is 3.86. The minimum atomic E-state index is -0.131. The van der Waals surface area contributed by atoms with E-state index in [9.17, 15) is 4.79 Å². The summed E-state index contributed by atoms with van der Waals surface area (Å²) in [6.45, 7) is 2.35. The molecule has 7 heteroatoms. The minimum Gasteiger partial charge on any atom is -0.346 e. The first-order chi connectivity index (χ1) is 14.3. The summed E-state index contributed by atoms with van der Waals surface area (Å²) in [7, 11) is 0. The molecule has 0 spiro atoms. The Kier molecular flexibility index (Phi) is 4.73. The van der Waals surface area contributed by atoms with Gasteiger partial charge >= 0.3 is 0 Å². The quantitative estimate of drug-likeness (QED) is 0.510. The van der Waals surface area contributed by atoms with E-state index in [2.05, 4.69) is 32.9 Å². The summed E-state index contributed by atoms with van der Waals surface area (Å²) in [4.78, 5) is 21.3. The van der Waals surface area contributed by atoms with E-state index in [0.29, 0.717) is 12.1 Å². The molecule has 0 bridgehead atoms. The number of fused-ring (bicyclic) bond motifs is 2. The number of hydrogen-bond donors (Lipinski definition) is 2. The van der Waals surface area contributed by atoms with E-state index in [4.69, 9.17) is 0 Å². The molecule has 4 aromatic rings. The molecule has 0 aromatic carbocycles. The largest absolute Gasteiger partial charge is 0.346 e. The highest BCUT2D eigenvalue weighted by molar-refractivity contribution is 6.00. The van der Waals surface area contributed by atoms with E-state index >= 15 is 0 Å². The fourth-order valence-corrected chi connectivity index (χ4v) is 3.81. The van der Waals surface area contributed by atoms with Gasteiger partial charge in [0.1, 0.15) is 5.65 Å². The number of aromatic nitrogens is 4. The molecule has 1 saturated carbocycles. The lowest BCUT2D eigenvalue weighted by Gasteiger charge is -2.25. The highest BCUT2D eigenvalue weighted by atomic mass is 16.1. The number of hydrogen-bond acceptors (Lipinski definition) is 4. The zero-order chi connectivity index (χ0) is 19.6. The van der Waals surface area contributed by atoms with Crippen LogP contribution < -0.4 is 10.6 Å². The van der Waals surface area contributed by atoms with Crippen LogP contribution in [0.3, 0.4) is 0 Å². The van der Waals surface area contributed by atoms with Crippen molar-refractivity contribution in [3.8, 4) is 0 Å². The molecule has 1 fully saturated rings. The standard InChI is InChI=1S/C22H24N6O/c29-22(19-5-2-8-27-15-24-12-20(19)27)25-11-18-14-28-13-17(6-7-21(28)26-18)10-23-9-16-3-1-4-16/h2,5-8,12-16,23H,1,3-4,9-11H2,(H,25,29). The summed E-state index contributed by atoms with van der Waals surface area (Å²) in [5.74, 6) is 0.727. The second kappa shape index (κ2) is 7.67. The molecule has 0 unspecified atom stereocenters. The average Bonchev–Trinajstić information content (AvgIpc) is 3.33. The van der Waals surface area contributed by atoms with E-state index in [0.717, 1.165) is 35.9 Å². The summed E-state index contributed by atoms with van der Waals surface area (Å²) in [6, 6.07) is 7.78. The second-order valence-electron chi connectivity index (χ2n) is 7.75. The Labute approximate surface area is 168 Å². The molecule has 1 aliphatic carbocycles. The number of nitrogens with one attached hydrogen (secondary N) is 2. The van der Waals surface area contributed by atoms with Crippen molar-refractivity contribution in [2.45, 2.75) is 32.4 Å². The van der Waals surface area contributed by atoms with Gasteiger partial charge in [0.25, 0.3) is 5.91 Å². The summed E-state index contributed by atoms with van der Waals surface area (Å²) in [6.07, 6.45) is 13.4. The maximum atomic E-state index is 12.6. The van der Waals surface area contributed by atoms with Gasteiger partial charge < -0.3 is 19.4 Å². The molecule has 4 aromatic heterocycles. The first-order valence-corrected chi connectivity index (χ1v) is 10.1. The van der Waals surface area contributed by atoms with E-state index < -0.39 is 0 Å². The number of nitrogens with zero attached hydrogens (tertiary/aromatic N) is 4. The molecule has 0 radical (unpaired) electrons. The molecule has 7 nitrogen and oxygen atoms in total. The van der Waals surface area contributed by atoms with Crippen LogP contribution >= 0.6 is 0 Å². The van der Waals surface area contributed by atoms with Crippen LogP contribution in [0.2, 0.25) is 0 Å². The number of imidazole rings is 2. The van der Waals surface area contributed by atoms with Crippen LogP contribution in [0.15, 0.2) is 55.4 Å². The molecule has 1 amide bonds. The molecule has 2 N–H and O–H groups in total. The number of carbonyl (C=O) groups excluding carboxylic acids is 1. The molecule has 0 atom stereocenters. The lowest BCUT2D eigenvalue weighted by atomic mass is 9.85. The number of pyridine rings is 2. The van der Waals surface area contributed by atoms with Gasteiger partial charge in [0.05, 0.1) is 35.8 Å². The SMILES string of the molecule is O=C(NCc1cn2cc(CNCC3CCC3)ccc2n1)c1cccn2cncc12. The summed E-state index contributed by atoms with van der Waals surface area (Å²) in [5.41, 5.74) is 4.35. The lowest BCUT2D eigenvalue weighted by molar-refractivity contribution is 0.0952. The lowest BCUT2D eigenvalue weighted by Crippen LogP contribution is -2.26. The first-order valence-electron chi connectivity index (χ1n) is 10.1. The monoisotopic (exact) mass is 388 g/mol. The summed E-state index contributed by atoms with van der Waals surface area (Å²) >= 11 is 0. The van der Waals surface area contributed by atoms with E-state index in [-0.39, 0.29) is 5.91 Å². The van der Waals surface area contributed by atoms with Crippen molar-refractivity contribution in [1.82, 2.24) is 29.4 Å². The minimum absolute atomic E-state index is 0.131. The van der Waals surface area contributed by atoms with Gasteiger partial charge in [-0.1, -0.05) is 12.5 Å². The van der Waals surface area contributed by atoms with Crippen LogP contribution in [0.4, 0.5) is 0 Å². The number of amides is 1. The van der Waals surface area contributed by atoms with Crippen molar-refractivity contribution in [1.29, 1.82) is 0 Å². The van der Waals surface area contributed by atoms with E-state index in [1.54, 1.807) is 18.6 Å². The predicted molar refractivity (Wildman–Crippen MR) is 111 cm³/mol. The van der Waals surface area contributed by atoms with Gasteiger partial charge in [-0.05, 0) is 49.1 Å². The average molecular weight is 388 g/mol. The highest BCUT2D eigenvalue weighted by Crippen LogP contribution is 2.25. The predicted octanol–water partition coefficient (Wildman–Crippen LogP) is 2.80. The zero-order valence-electron chi connectivity index (χ0n) is 16.2. The van der Waals surface area contributed by atoms with Gasteiger partial charge in [0.2, 0.25) is 0 Å². The van der Waals surface area contributed by atoms with Crippen LogP contribution in [0.5, 0.6) is 0 Å². The highest BCUT2D eigenvalue weighted by Gasteiger charge is 2.16. The Hall–Kier alpha value is -3.19. The van der Waals surface area contributed by atoms with Crippen molar-refractivity contribution in [3.63, 3.8) is 0 Å². The van der Waals surface area contributed by atoms with E-state index in [1.165, 1.54) is 24.8 Å². The fraction of sp³-hybridized carbons (Fsp3) is 0.318. The van der Waals surface area contributed by atoms with Crippen molar-refractivity contribution >= 4 is 17.1 Å². The Bertz CT molecular complexity index is 1160. The zero-order valence-corrected chi connectivity index (χ0v) is 16.2. The van der Waals surface area contributed by atoms with Crippen LogP contribution in [-0.4, -0.2) is 31.2 Å². The normalized spacial score (nSPS) is 14.3. The van der Waals surface area contributed by atoms with Crippen molar-refractivity contribution < 1.29 is 4.79 Å². The van der Waals surface area contributed by atoms with Crippen LogP contribution in [0.1, 0.15) is 40.9 Å². The Morgan fingerprint density at radius 1 is 1.14 bits per heavy atom. The van der Waals surface area contributed by atoms with Crippen LogP contribution in [0, 0.1) is 5.92 Å². The smallest absolute Gasteiger partial charge is 0.253 e. The van der Waals surface area contributed by atoms with Gasteiger partial charge in [-0.15, -0.1) is 0 Å². The van der Waals surface area contributed by atoms with Crippen molar-refractivity contribution in [2.24, 2.45) is 5.92 Å². The topological polar surface area (TPSA) is 75.7 Å². The third-order valence-corrected chi connectivity index (χ3v) is 5.68. The molecule has 4 heterocycles. The summed E-state index contributed by atoms with van der Waals surface area (Å²) in [5, 5.41) is 6.51. The molecule has 0 aliphatic heterocycles. The molecular formula is C22H24N6O. The molecular weight excluding hydrogens is 364 g/mol. The second-order valence-corrected chi connectivity index (χ2v) is 7.75. The van der Waals surface area contributed by atoms with Gasteiger partial charge in [0.15, 0.2) is 0 Å². The Morgan fingerprint density at radius 2 is 2.07 bits per heavy atom. The van der Waals surface area contributed by atoms with Crippen molar-refractivity contribution in [3.05, 3.63) is 72.2 Å². The molecule has 5 rings (SSSR count). The maximum Gasteiger partial charge on any atom is 0.253 e. The van der Waals surface area contributed by atoms with Gasteiger partial charge in [-0.2, -0.15) is 0 Å². The van der Waals surface area contributed by atoms with Crippen LogP contribution in [-0.2, 0) is 13.1 Å². The molecule has 0 saturated heterocycles. The fourth-order valence-electron chi connectivity index (χ4n) is 3.81. The number of carbonyl (C=O) groups is 1. The number of rotatable bonds is 7. The molecule has 1 aliphatic rings. The van der Waals surface area contributed by atoms with Gasteiger partial charge in [0, 0.05) is 25.1 Å². The van der Waals surface area contributed by atoms with Crippen LogP contribution in [0.25, 0.3) is 11.2 Å². The molecule has 148 valence electrons. The third kappa shape index (κ3) is 3.73. The van der Waals surface area contributed by atoms with Gasteiger partial charge in [-0.3, -0.25) is 4.79 Å². The van der Waals surface area contributed by atoms with Gasteiger partial charge in [-0.25, -0.2) is 9.97 Å². The maximum absolute atomic E-state index is 12.6. The van der Waals surface area contributed by atoms with Crippen molar-refractivity contribution in [2.75, 3.05) is 6.54 Å². The van der Waals surface area contributed by atoms with E-state index in [1.807, 2.05) is 33.3 Å². The Morgan fingerprint density at radius 3 is 2.93 bits per heavy atom. The third-order valence-electron chi connectivity index (χ3n) is 5.68.